The van der Waals surface area contributed by atoms with Gasteiger partial charge in [0.1, 0.15) is 0 Å². The van der Waals surface area contributed by atoms with E-state index < -0.39 is 0 Å². The van der Waals surface area contributed by atoms with Gasteiger partial charge in [-0.2, -0.15) is 0 Å². The number of allylic oxidation sites excluding steroid dienone is 1. The van der Waals surface area contributed by atoms with Crippen molar-refractivity contribution in [3.05, 3.63) is 18.4 Å². The van der Waals surface area contributed by atoms with E-state index in [1.54, 1.807) is 0 Å². The van der Waals surface area contributed by atoms with Gasteiger partial charge in [-0.3, -0.25) is 0 Å². The van der Waals surface area contributed by atoms with Gasteiger partial charge in [0.2, 0.25) is 0 Å². The van der Waals surface area contributed by atoms with Gasteiger partial charge in [-0.1, -0.05) is 6.42 Å². The Morgan fingerprint density at radius 2 is 2.10 bits per heavy atom. The fourth-order valence-corrected chi connectivity index (χ4v) is 3.11. The molecule has 0 aromatic heterocycles. The fraction of sp³-hybridized carbons (Fsp3) is 0.812. The predicted molar refractivity (Wildman–Crippen MR) is 77.8 cm³/mol. The Morgan fingerprint density at radius 3 is 2.75 bits per heavy atom. The second kappa shape index (κ2) is 7.43. The van der Waals surface area contributed by atoms with Gasteiger partial charge < -0.3 is 19.1 Å². The summed E-state index contributed by atoms with van der Waals surface area (Å²) >= 11 is 0. The molecule has 1 spiro atoms. The van der Waals surface area contributed by atoms with Crippen LogP contribution in [-0.2, 0) is 14.2 Å². The molecule has 2 radical (unpaired) electrons. The van der Waals surface area contributed by atoms with Gasteiger partial charge in [0, 0.05) is 38.7 Å². The van der Waals surface area contributed by atoms with Crippen molar-refractivity contribution in [3.8, 4) is 0 Å². The molecule has 1 aliphatic carbocycles. The molecule has 0 amide bonds. The molecule has 0 aromatic rings. The van der Waals surface area contributed by atoms with Crippen LogP contribution < -0.4 is 0 Å². The van der Waals surface area contributed by atoms with Crippen LogP contribution in [0.25, 0.3) is 0 Å². The number of hydrogen-bond donors (Lipinski definition) is 0. The Balaban J connectivity index is 2.02. The zero-order valence-electron chi connectivity index (χ0n) is 13.0. The molecule has 2 aliphatic rings. The quantitative estimate of drug-likeness (QED) is 0.701. The van der Waals surface area contributed by atoms with E-state index in [0.29, 0.717) is 12.5 Å². The van der Waals surface area contributed by atoms with Crippen LogP contribution in [0.3, 0.4) is 0 Å². The summed E-state index contributed by atoms with van der Waals surface area (Å²) in [6.45, 7) is 6.98. The predicted octanol–water partition coefficient (Wildman–Crippen LogP) is 2.83. The molecule has 1 aliphatic heterocycles. The van der Waals surface area contributed by atoms with Crippen LogP contribution in [0.15, 0.2) is 11.8 Å². The number of nitrogens with zero attached hydrogens (tertiary/aromatic N) is 1. The van der Waals surface area contributed by atoms with Crippen LogP contribution in [0.4, 0.5) is 0 Å². The second-order valence-electron chi connectivity index (χ2n) is 5.74. The molecule has 20 heavy (non-hydrogen) atoms. The monoisotopic (exact) mass is 281 g/mol. The molecular formula is C16H27NO3. The third-order valence-electron chi connectivity index (χ3n) is 4.21. The summed E-state index contributed by atoms with van der Waals surface area (Å²) in [7, 11) is 4.12. The molecule has 1 heterocycles. The summed E-state index contributed by atoms with van der Waals surface area (Å²) in [5, 5.41) is 0. The lowest BCUT2D eigenvalue weighted by atomic mass is 9.80. The Kier molecular flexibility index (Phi) is 5.87. The van der Waals surface area contributed by atoms with Gasteiger partial charge in [-0.05, 0) is 32.3 Å². The minimum atomic E-state index is -0.334. The normalized spacial score (nSPS) is 26.1. The smallest absolute Gasteiger partial charge is 0.171 e. The number of rotatable bonds is 6. The molecule has 2 fully saturated rings. The van der Waals surface area contributed by atoms with Crippen molar-refractivity contribution in [1.29, 1.82) is 0 Å². The zero-order chi connectivity index (χ0) is 14.4. The summed E-state index contributed by atoms with van der Waals surface area (Å²) in [5.74, 6) is 0.0923. The van der Waals surface area contributed by atoms with Crippen molar-refractivity contribution in [1.82, 2.24) is 4.90 Å². The molecule has 4 nitrogen and oxygen atoms in total. The van der Waals surface area contributed by atoms with E-state index in [-0.39, 0.29) is 5.79 Å². The maximum Gasteiger partial charge on any atom is 0.171 e. The molecule has 1 unspecified atom stereocenters. The highest BCUT2D eigenvalue weighted by Gasteiger charge is 2.45. The Labute approximate surface area is 123 Å². The second-order valence-corrected chi connectivity index (χ2v) is 5.74. The van der Waals surface area contributed by atoms with Crippen LogP contribution in [0.2, 0.25) is 0 Å². The molecule has 1 atom stereocenters. The largest absolute Gasteiger partial charge is 0.381 e. The first-order valence-electron chi connectivity index (χ1n) is 7.69. The van der Waals surface area contributed by atoms with Crippen LogP contribution in [-0.4, -0.2) is 44.6 Å². The zero-order valence-corrected chi connectivity index (χ0v) is 13.0. The molecule has 2 rings (SSSR count). The van der Waals surface area contributed by atoms with Gasteiger partial charge >= 0.3 is 0 Å². The van der Waals surface area contributed by atoms with Crippen LogP contribution in [0.5, 0.6) is 0 Å². The van der Waals surface area contributed by atoms with E-state index in [1.165, 1.54) is 25.0 Å². The summed E-state index contributed by atoms with van der Waals surface area (Å²) in [4.78, 5) is 2.13. The van der Waals surface area contributed by atoms with Crippen molar-refractivity contribution < 1.29 is 14.2 Å². The first kappa shape index (κ1) is 15.8. The van der Waals surface area contributed by atoms with Crippen molar-refractivity contribution in [2.45, 2.75) is 44.8 Å². The summed E-state index contributed by atoms with van der Waals surface area (Å²) in [5.41, 5.74) is 1.21. The van der Waals surface area contributed by atoms with Gasteiger partial charge in [-0.25, -0.2) is 0 Å². The molecule has 0 aromatic carbocycles. The van der Waals surface area contributed by atoms with Crippen LogP contribution in [0.1, 0.15) is 39.0 Å². The first-order chi connectivity index (χ1) is 9.68. The molecule has 0 N–H and O–H groups in total. The number of hydrogen-bond acceptors (Lipinski definition) is 4. The van der Waals surface area contributed by atoms with E-state index in [9.17, 15) is 0 Å². The molecule has 1 saturated carbocycles. The van der Waals surface area contributed by atoms with Crippen molar-refractivity contribution in [3.63, 3.8) is 0 Å². The number of ether oxygens (including phenoxy) is 3. The molecule has 0 bridgehead atoms. The van der Waals surface area contributed by atoms with Crippen LogP contribution >= 0.6 is 0 Å². The average Bonchev–Trinajstić information content (AvgIpc) is 2.89. The van der Waals surface area contributed by atoms with Gasteiger partial charge in [-0.15, -0.1) is 0 Å². The summed E-state index contributed by atoms with van der Waals surface area (Å²) < 4.78 is 17.2. The van der Waals surface area contributed by atoms with E-state index >= 15 is 0 Å². The van der Waals surface area contributed by atoms with Crippen molar-refractivity contribution in [2.24, 2.45) is 5.92 Å². The van der Waals surface area contributed by atoms with Gasteiger partial charge in [0.05, 0.1) is 13.2 Å². The lowest BCUT2D eigenvalue weighted by Crippen LogP contribution is -2.42. The van der Waals surface area contributed by atoms with Crippen molar-refractivity contribution in [2.75, 3.05) is 33.9 Å². The highest BCUT2D eigenvalue weighted by molar-refractivity contribution is 5.07. The highest BCUT2D eigenvalue weighted by atomic mass is 16.7. The van der Waals surface area contributed by atoms with Crippen molar-refractivity contribution >= 4 is 0 Å². The minimum Gasteiger partial charge on any atom is -0.381 e. The third kappa shape index (κ3) is 3.74. The highest BCUT2D eigenvalue weighted by Crippen LogP contribution is 2.43. The van der Waals surface area contributed by atoms with Crippen LogP contribution in [0, 0.1) is 12.5 Å². The maximum absolute atomic E-state index is 5.98. The average molecular weight is 281 g/mol. The lowest BCUT2D eigenvalue weighted by Gasteiger charge is -2.40. The SMILES string of the molecule is CCO[C]/C=C(\CC1CCCCC12OCCO2)N(C)C. The van der Waals surface area contributed by atoms with Gasteiger partial charge in [0.15, 0.2) is 12.4 Å². The maximum atomic E-state index is 5.98. The Hall–Kier alpha value is -0.580. The van der Waals surface area contributed by atoms with Gasteiger partial charge in [0.25, 0.3) is 0 Å². The molecular weight excluding hydrogens is 254 g/mol. The fourth-order valence-electron chi connectivity index (χ4n) is 3.11. The minimum absolute atomic E-state index is 0.334. The Morgan fingerprint density at radius 1 is 1.35 bits per heavy atom. The standard InChI is InChI=1S/C16H27NO3/c1-4-18-10-8-15(17(2)3)13-14-7-5-6-9-16(14)19-11-12-20-16/h8,14H,4-7,9,11-13H2,1-3H3/b15-8+. The first-order valence-corrected chi connectivity index (χ1v) is 7.69. The van der Waals surface area contributed by atoms with E-state index in [0.717, 1.165) is 26.1 Å². The van der Waals surface area contributed by atoms with E-state index in [4.69, 9.17) is 14.2 Å². The molecule has 4 heteroatoms. The van der Waals surface area contributed by atoms with E-state index in [2.05, 4.69) is 25.6 Å². The van der Waals surface area contributed by atoms with E-state index in [1.807, 2.05) is 13.0 Å². The third-order valence-corrected chi connectivity index (χ3v) is 4.21. The Bertz CT molecular complexity index is 322. The lowest BCUT2D eigenvalue weighted by molar-refractivity contribution is -0.212. The summed E-state index contributed by atoms with van der Waals surface area (Å²) in [6.07, 6.45) is 7.55. The molecule has 1 saturated heterocycles. The molecule has 114 valence electrons. The summed E-state index contributed by atoms with van der Waals surface area (Å²) in [6, 6.07) is 0. The topological polar surface area (TPSA) is 30.9 Å².